The number of hydrogen-bond donors (Lipinski definition) is 5. The van der Waals surface area contributed by atoms with Gasteiger partial charge >= 0.3 is 0 Å². The Kier molecular flexibility index (Phi) is 18.4. The number of hydrogen-bond acceptors (Lipinski definition) is 16. The van der Waals surface area contributed by atoms with E-state index in [2.05, 4.69) is 36.6 Å². The maximum Gasteiger partial charge on any atom is 0.296 e. The average molecular weight is 827 g/mol. The number of amides is 2. The predicted molar refractivity (Wildman–Crippen MR) is 220 cm³/mol. The molecule has 2 aliphatic rings. The first kappa shape index (κ1) is 46.2. The molecular formula is C37H47ClN10O10. The fourth-order valence-corrected chi connectivity index (χ4v) is 5.09. The number of nitro groups is 2. The van der Waals surface area contributed by atoms with Crippen LogP contribution in [0, 0.1) is 20.2 Å². The molecule has 6 rings (SSSR count). The van der Waals surface area contributed by atoms with Crippen LogP contribution in [-0.4, -0.2) is 116 Å². The van der Waals surface area contributed by atoms with Gasteiger partial charge in [0.15, 0.2) is 0 Å². The highest BCUT2D eigenvalue weighted by molar-refractivity contribution is 6.29. The number of pyridine rings is 2. The minimum absolute atomic E-state index is 0. The summed E-state index contributed by atoms with van der Waals surface area (Å²) in [5, 5.41) is 36.0. The number of nitro benzene ring substituents is 2. The topological polar surface area (TPSA) is 247 Å². The molecule has 312 valence electrons. The van der Waals surface area contributed by atoms with E-state index in [1.54, 1.807) is 70.8 Å². The van der Waals surface area contributed by atoms with Crippen molar-refractivity contribution in [3.8, 4) is 23.0 Å². The van der Waals surface area contributed by atoms with E-state index >= 15 is 0 Å². The zero-order valence-corrected chi connectivity index (χ0v) is 32.3. The molecule has 2 aromatic heterocycles. The van der Waals surface area contributed by atoms with Gasteiger partial charge in [-0.3, -0.25) is 34.7 Å². The van der Waals surface area contributed by atoms with Gasteiger partial charge in [-0.05, 0) is 36.4 Å². The molecule has 4 aromatic rings. The predicted octanol–water partition coefficient (Wildman–Crippen LogP) is 5.33. The number of halogens is 1. The highest BCUT2D eigenvalue weighted by Crippen LogP contribution is 2.33. The fraction of sp³-hybridized carbons (Fsp3) is 0.351. The van der Waals surface area contributed by atoms with E-state index < -0.39 is 15.8 Å². The van der Waals surface area contributed by atoms with E-state index in [1.807, 2.05) is 4.90 Å². The second-order valence-electron chi connectivity index (χ2n) is 12.1. The highest BCUT2D eigenvalue weighted by atomic mass is 35.5. The van der Waals surface area contributed by atoms with E-state index in [0.717, 1.165) is 26.2 Å². The Bertz CT molecular complexity index is 2000. The molecule has 20 nitrogen and oxygen atoms in total. The number of aromatic nitrogens is 2. The SMILES string of the molecule is C.CNc1ccc(Oc2ccnc(NC(=O)CCl)c2)cc1[N+](=O)[O-].CNc1ccc(Oc2ccnc(NC(=O)CN3CC(OC)C3)c2)cc1[N+](=O)[O-].COC1CNC1. The van der Waals surface area contributed by atoms with Crippen LogP contribution < -0.4 is 36.1 Å². The van der Waals surface area contributed by atoms with Crippen molar-refractivity contribution >= 4 is 57.8 Å². The summed E-state index contributed by atoms with van der Waals surface area (Å²) in [6.45, 7) is 3.78. The fourth-order valence-electron chi connectivity index (χ4n) is 5.02. The van der Waals surface area contributed by atoms with Crippen LogP contribution in [-0.2, 0) is 19.1 Å². The van der Waals surface area contributed by atoms with Gasteiger partial charge in [0, 0.05) is 79.0 Å². The average Bonchev–Trinajstić information content (AvgIpc) is 3.16. The van der Waals surface area contributed by atoms with Gasteiger partial charge < -0.3 is 45.5 Å². The Morgan fingerprint density at radius 1 is 0.759 bits per heavy atom. The van der Waals surface area contributed by atoms with Crippen LogP contribution in [0.2, 0.25) is 0 Å². The maximum absolute atomic E-state index is 12.1. The number of likely N-dealkylation sites (tertiary alicyclic amines) is 1. The quantitative estimate of drug-likeness (QED) is 0.0577. The highest BCUT2D eigenvalue weighted by Gasteiger charge is 2.28. The number of nitrogens with one attached hydrogen (secondary N) is 5. The Morgan fingerprint density at radius 3 is 1.57 bits per heavy atom. The number of ether oxygens (including phenoxy) is 4. The van der Waals surface area contributed by atoms with Crippen molar-refractivity contribution in [1.82, 2.24) is 20.2 Å². The van der Waals surface area contributed by atoms with Gasteiger partial charge in [-0.15, -0.1) is 11.6 Å². The van der Waals surface area contributed by atoms with Crippen LogP contribution in [0.15, 0.2) is 73.1 Å². The van der Waals surface area contributed by atoms with Gasteiger partial charge in [-0.1, -0.05) is 7.43 Å². The lowest BCUT2D eigenvalue weighted by molar-refractivity contribution is -0.384. The number of alkyl halides is 1. The molecule has 4 heterocycles. The Morgan fingerprint density at radius 2 is 1.21 bits per heavy atom. The van der Waals surface area contributed by atoms with Gasteiger partial charge in [0.25, 0.3) is 11.4 Å². The Labute approximate surface area is 339 Å². The Balaban J connectivity index is 0.000000270. The molecule has 0 aliphatic carbocycles. The maximum atomic E-state index is 12.1. The summed E-state index contributed by atoms with van der Waals surface area (Å²) in [5.41, 5.74) is 0.579. The van der Waals surface area contributed by atoms with Gasteiger partial charge in [0.05, 0.1) is 40.7 Å². The number of carbonyl (C=O) groups excluding carboxylic acids is 2. The molecule has 21 heteroatoms. The van der Waals surface area contributed by atoms with E-state index in [1.165, 1.54) is 30.6 Å². The third-order valence-corrected chi connectivity index (χ3v) is 8.41. The molecule has 2 aliphatic heterocycles. The molecule has 0 radical (unpaired) electrons. The van der Waals surface area contributed by atoms with E-state index in [0.29, 0.717) is 40.5 Å². The van der Waals surface area contributed by atoms with Gasteiger partial charge in [-0.2, -0.15) is 0 Å². The van der Waals surface area contributed by atoms with Crippen molar-refractivity contribution in [2.24, 2.45) is 0 Å². The van der Waals surface area contributed by atoms with Crippen LogP contribution in [0.5, 0.6) is 23.0 Å². The van der Waals surface area contributed by atoms with Crippen LogP contribution in [0.3, 0.4) is 0 Å². The third kappa shape index (κ3) is 14.1. The number of benzene rings is 2. The minimum Gasteiger partial charge on any atom is -0.457 e. The number of anilines is 4. The largest absolute Gasteiger partial charge is 0.457 e. The number of carbonyl (C=O) groups is 2. The third-order valence-electron chi connectivity index (χ3n) is 8.16. The smallest absolute Gasteiger partial charge is 0.296 e. The van der Waals surface area contributed by atoms with Crippen molar-refractivity contribution in [3.05, 3.63) is 93.3 Å². The molecule has 0 bridgehead atoms. The van der Waals surface area contributed by atoms with Crippen molar-refractivity contribution < 1.29 is 38.4 Å². The summed E-state index contributed by atoms with van der Waals surface area (Å²) in [6, 6.07) is 15.2. The van der Waals surface area contributed by atoms with Crippen molar-refractivity contribution in [3.63, 3.8) is 0 Å². The standard InChI is InChI=1S/C18H21N5O5.C14H13ClN4O4.C4H9NO.CH4/c1-19-15-4-3-12(7-16(15)23(25)26)28-13-5-6-20-17(8-13)21-18(24)11-22-9-14(10-22)27-2;1-16-11-3-2-9(6-12(11)19(21)22)23-10-4-5-17-13(7-10)18-14(20)8-15;1-6-4-2-5-3-4;/h3-8,14,19H,9-11H2,1-2H3,(H,20,21,24);2-7,16H,8H2,1H3,(H,17,18,20);4-5H,2-3H2,1H3;1H4. The molecule has 0 unspecified atom stereocenters. The normalized spacial score (nSPS) is 13.3. The molecule has 2 saturated heterocycles. The van der Waals surface area contributed by atoms with Crippen LogP contribution in [0.4, 0.5) is 34.4 Å². The van der Waals surface area contributed by atoms with Crippen molar-refractivity contribution in [2.75, 3.05) is 88.2 Å². The molecule has 2 aromatic carbocycles. The van der Waals surface area contributed by atoms with Gasteiger partial charge in [0.2, 0.25) is 11.8 Å². The zero-order valence-electron chi connectivity index (χ0n) is 31.5. The zero-order chi connectivity index (χ0) is 41.3. The molecule has 0 saturated carbocycles. The Hall–Kier alpha value is -6.19. The summed E-state index contributed by atoms with van der Waals surface area (Å²) in [7, 11) is 6.60. The summed E-state index contributed by atoms with van der Waals surface area (Å²) < 4.78 is 21.4. The van der Waals surface area contributed by atoms with Gasteiger partial charge in [0.1, 0.15) is 51.9 Å². The second kappa shape index (κ2) is 23.1. The summed E-state index contributed by atoms with van der Waals surface area (Å²) in [5.74, 6) is 1.21. The monoisotopic (exact) mass is 826 g/mol. The van der Waals surface area contributed by atoms with Crippen LogP contribution in [0.25, 0.3) is 0 Å². The van der Waals surface area contributed by atoms with Crippen molar-refractivity contribution in [2.45, 2.75) is 19.6 Å². The second-order valence-corrected chi connectivity index (χ2v) is 12.4. The lowest BCUT2D eigenvalue weighted by Gasteiger charge is -2.37. The number of methoxy groups -OCH3 is 2. The minimum atomic E-state index is -0.503. The molecule has 0 spiro atoms. The number of nitrogens with zero attached hydrogens (tertiary/aromatic N) is 5. The van der Waals surface area contributed by atoms with Crippen molar-refractivity contribution in [1.29, 1.82) is 0 Å². The first-order valence-electron chi connectivity index (χ1n) is 17.3. The molecule has 58 heavy (non-hydrogen) atoms. The van der Waals surface area contributed by atoms with Crippen LogP contribution >= 0.6 is 11.6 Å². The molecule has 0 atom stereocenters. The lowest BCUT2D eigenvalue weighted by atomic mass is 10.2. The molecule has 2 amide bonds. The van der Waals surface area contributed by atoms with E-state index in [-0.39, 0.29) is 54.8 Å². The van der Waals surface area contributed by atoms with Crippen LogP contribution in [0.1, 0.15) is 7.43 Å². The van der Waals surface area contributed by atoms with E-state index in [4.69, 9.17) is 30.5 Å². The molecule has 5 N–H and O–H groups in total. The summed E-state index contributed by atoms with van der Waals surface area (Å²) in [6.07, 6.45) is 3.62. The molecule has 2 fully saturated rings. The molecular weight excluding hydrogens is 780 g/mol. The first-order valence-corrected chi connectivity index (χ1v) is 17.8. The summed E-state index contributed by atoms with van der Waals surface area (Å²) in [4.78, 5) is 54.6. The number of rotatable bonds is 15. The first-order chi connectivity index (χ1) is 27.4. The van der Waals surface area contributed by atoms with Gasteiger partial charge in [-0.25, -0.2) is 9.97 Å². The summed E-state index contributed by atoms with van der Waals surface area (Å²) >= 11 is 5.41. The van der Waals surface area contributed by atoms with E-state index in [9.17, 15) is 29.8 Å². The lowest BCUT2D eigenvalue weighted by Crippen LogP contribution is -2.54.